The number of aliphatic hydroxyl groups excluding tert-OH is 2. The number of fused-ring (bicyclic) bond motifs is 2. The van der Waals surface area contributed by atoms with E-state index in [-0.39, 0.29) is 23.3 Å². The summed E-state index contributed by atoms with van der Waals surface area (Å²) < 4.78 is 26.3. The molecule has 10 rings (SSSR count). The van der Waals surface area contributed by atoms with E-state index in [0.717, 1.165) is 115 Å². The average molecular weight is 974 g/mol. The SMILES string of the molecule is COc1cc2c(ccc(=O)n2Cc2ccc(Br)cn2)cc1-c1c(C)noc1C.COc1cc2c(ccc(=O)n2Cc2ccc(N3CCC(O)C3)cn2)cc1-c1c(C)noc1C.OC1CCNC1. The van der Waals surface area contributed by atoms with Crippen molar-refractivity contribution >= 4 is 43.4 Å². The second-order valence-electron chi connectivity index (χ2n) is 16.6. The van der Waals surface area contributed by atoms with Crippen molar-refractivity contribution in [1.29, 1.82) is 0 Å². The molecule has 0 saturated carbocycles. The number of hydrogen-bond acceptors (Lipinski definition) is 14. The van der Waals surface area contributed by atoms with Crippen molar-refractivity contribution in [3.8, 4) is 33.8 Å². The number of benzene rings is 2. The summed E-state index contributed by atoms with van der Waals surface area (Å²) >= 11 is 3.38. The Bertz CT molecular complexity index is 3100. The number of aryl methyl sites for hydroxylation is 4. The number of anilines is 1. The van der Waals surface area contributed by atoms with Gasteiger partial charge in [-0.25, -0.2) is 0 Å². The lowest BCUT2D eigenvalue weighted by molar-refractivity contribution is 0.196. The van der Waals surface area contributed by atoms with Crippen molar-refractivity contribution in [3.05, 3.63) is 145 Å². The number of rotatable bonds is 9. The average Bonchev–Trinajstić information content (AvgIpc) is 4.14. The lowest BCUT2D eigenvalue weighted by Gasteiger charge is -2.18. The highest BCUT2D eigenvalue weighted by atomic mass is 79.9. The van der Waals surface area contributed by atoms with Gasteiger partial charge < -0.3 is 48.1 Å². The Morgan fingerprint density at radius 2 is 1.24 bits per heavy atom. The molecule has 2 aliphatic rings. The summed E-state index contributed by atoms with van der Waals surface area (Å²) in [6.07, 6.45) is 4.88. The van der Waals surface area contributed by atoms with Crippen LogP contribution in [0.5, 0.6) is 11.5 Å². The van der Waals surface area contributed by atoms with Crippen molar-refractivity contribution in [2.24, 2.45) is 0 Å². The molecule has 0 amide bonds. The maximum absolute atomic E-state index is 12.8. The van der Waals surface area contributed by atoms with Gasteiger partial charge in [-0.1, -0.05) is 10.3 Å². The van der Waals surface area contributed by atoms with E-state index < -0.39 is 0 Å². The minimum Gasteiger partial charge on any atom is -0.496 e. The standard InChI is InChI=1S/C25H26N4O4.C21H18BrN3O3.C4H9NO/c1-15-25(16(2)33-27-15)21-10-17-4-7-24(31)29(22(17)11-23(21)32-3)13-18-5-6-19(12-26-18)28-9-8-20(30)14-28;1-12-21(13(2)28-24-12)17-8-14-4-7-20(26)25(18(14)9-19(17)27-3)11-16-6-5-15(22)10-23-16;6-4-1-2-5-3-4/h4-7,10-12,20,30H,8-9,13-14H2,1-3H3;4-10H,11H2,1-3H3;4-6H,1-3H2. The van der Waals surface area contributed by atoms with Crippen LogP contribution in [-0.2, 0) is 13.1 Å². The van der Waals surface area contributed by atoms with Crippen LogP contribution in [0.1, 0.15) is 47.1 Å². The monoisotopic (exact) mass is 972 g/mol. The summed E-state index contributed by atoms with van der Waals surface area (Å²) in [6, 6.07) is 22.3. The Balaban J connectivity index is 0.000000163. The van der Waals surface area contributed by atoms with Gasteiger partial charge in [-0.2, -0.15) is 0 Å². The first-order valence-electron chi connectivity index (χ1n) is 22.0. The van der Waals surface area contributed by atoms with Crippen molar-refractivity contribution in [1.82, 2.24) is 34.7 Å². The maximum atomic E-state index is 12.8. The Labute approximate surface area is 394 Å². The highest BCUT2D eigenvalue weighted by Gasteiger charge is 2.22. The van der Waals surface area contributed by atoms with Crippen LogP contribution in [0.15, 0.2) is 108 Å². The molecule has 0 radical (unpaired) electrons. The first-order chi connectivity index (χ1) is 32.3. The van der Waals surface area contributed by atoms with E-state index in [1.165, 1.54) is 0 Å². The number of pyridine rings is 4. The molecule has 8 aromatic rings. The van der Waals surface area contributed by atoms with Crippen LogP contribution in [0.25, 0.3) is 44.1 Å². The topological polar surface area (TPSA) is 196 Å². The predicted molar refractivity (Wildman–Crippen MR) is 260 cm³/mol. The molecule has 0 bridgehead atoms. The van der Waals surface area contributed by atoms with Gasteiger partial charge in [0.2, 0.25) is 0 Å². The number of nitrogens with zero attached hydrogens (tertiary/aromatic N) is 7. The fourth-order valence-electron chi connectivity index (χ4n) is 8.57. The van der Waals surface area contributed by atoms with E-state index in [1.807, 2.05) is 88.4 Å². The van der Waals surface area contributed by atoms with Gasteiger partial charge in [0.25, 0.3) is 11.1 Å². The minimum absolute atomic E-state index is 0.0648. The second-order valence-corrected chi connectivity index (χ2v) is 17.6. The van der Waals surface area contributed by atoms with Crippen molar-refractivity contribution in [3.63, 3.8) is 0 Å². The minimum atomic E-state index is -0.288. The number of aromatic nitrogens is 6. The Kier molecular flexibility index (Phi) is 14.3. The molecule has 16 nitrogen and oxygen atoms in total. The van der Waals surface area contributed by atoms with Crippen LogP contribution >= 0.6 is 15.9 Å². The number of methoxy groups -OCH3 is 2. The molecule has 2 saturated heterocycles. The zero-order valence-corrected chi connectivity index (χ0v) is 39.8. The Morgan fingerprint density at radius 3 is 1.61 bits per heavy atom. The molecule has 2 atom stereocenters. The van der Waals surface area contributed by atoms with E-state index in [1.54, 1.807) is 47.9 Å². The van der Waals surface area contributed by atoms with E-state index >= 15 is 0 Å². The third kappa shape index (κ3) is 10.3. The van der Waals surface area contributed by atoms with E-state index in [2.05, 4.69) is 46.4 Å². The van der Waals surface area contributed by atoms with E-state index in [9.17, 15) is 14.7 Å². The molecule has 2 unspecified atom stereocenters. The van der Waals surface area contributed by atoms with Gasteiger partial charge in [0.05, 0.1) is 96.3 Å². The molecule has 67 heavy (non-hydrogen) atoms. The summed E-state index contributed by atoms with van der Waals surface area (Å²) in [5, 5.41) is 31.4. The van der Waals surface area contributed by atoms with E-state index in [0.29, 0.717) is 36.9 Å². The molecule has 2 fully saturated rings. The molecular formula is C50H53BrN8O8. The number of nitrogens with one attached hydrogen (secondary N) is 1. The van der Waals surface area contributed by atoms with Gasteiger partial charge in [-0.05, 0) is 122 Å². The van der Waals surface area contributed by atoms with Crippen LogP contribution in [0.3, 0.4) is 0 Å². The van der Waals surface area contributed by atoms with Crippen molar-refractivity contribution in [2.75, 3.05) is 45.3 Å². The highest BCUT2D eigenvalue weighted by molar-refractivity contribution is 9.10. The number of halogens is 1. The number of aliphatic hydroxyl groups is 2. The largest absolute Gasteiger partial charge is 0.496 e. The summed E-state index contributed by atoms with van der Waals surface area (Å²) in [4.78, 5) is 36.5. The van der Waals surface area contributed by atoms with Crippen LogP contribution in [0.2, 0.25) is 0 Å². The molecule has 348 valence electrons. The molecule has 0 spiro atoms. The van der Waals surface area contributed by atoms with Gasteiger partial charge in [0.15, 0.2) is 0 Å². The molecule has 17 heteroatoms. The lowest BCUT2D eigenvalue weighted by atomic mass is 10.0. The number of hydrogen-bond donors (Lipinski definition) is 3. The van der Waals surface area contributed by atoms with Crippen molar-refractivity contribution < 1.29 is 28.7 Å². The summed E-state index contributed by atoms with van der Waals surface area (Å²) in [5.74, 6) is 2.74. The molecule has 2 aromatic carbocycles. The number of β-amino-alcohol motifs (C(OH)–C–C–N with tert-alkyl or cyclic N) is 2. The fourth-order valence-corrected chi connectivity index (χ4v) is 8.81. The number of ether oxygens (including phenoxy) is 2. The fraction of sp³-hybridized carbons (Fsp3) is 0.320. The van der Waals surface area contributed by atoms with Crippen LogP contribution in [-0.4, -0.2) is 92.2 Å². The first kappa shape index (κ1) is 46.9. The van der Waals surface area contributed by atoms with Gasteiger partial charge in [0.1, 0.15) is 23.0 Å². The quantitative estimate of drug-likeness (QED) is 0.132. The predicted octanol–water partition coefficient (Wildman–Crippen LogP) is 7.12. The molecule has 0 aliphatic carbocycles. The van der Waals surface area contributed by atoms with Crippen LogP contribution in [0.4, 0.5) is 5.69 Å². The smallest absolute Gasteiger partial charge is 0.251 e. The third-order valence-electron chi connectivity index (χ3n) is 12.0. The van der Waals surface area contributed by atoms with Gasteiger partial charge in [-0.15, -0.1) is 0 Å². The maximum Gasteiger partial charge on any atom is 0.251 e. The summed E-state index contributed by atoms with van der Waals surface area (Å²) in [5.41, 5.74) is 9.05. The molecule has 2 aliphatic heterocycles. The first-order valence-corrected chi connectivity index (χ1v) is 22.8. The van der Waals surface area contributed by atoms with E-state index in [4.69, 9.17) is 23.6 Å². The highest BCUT2D eigenvalue weighted by Crippen LogP contribution is 2.39. The lowest BCUT2D eigenvalue weighted by Crippen LogP contribution is -2.22. The van der Waals surface area contributed by atoms with Crippen molar-refractivity contribution in [2.45, 2.75) is 65.8 Å². The molecule has 3 N–H and O–H groups in total. The van der Waals surface area contributed by atoms with Gasteiger partial charge in [-0.3, -0.25) is 19.6 Å². The van der Waals surface area contributed by atoms with Gasteiger partial charge >= 0.3 is 0 Å². The molecular weight excluding hydrogens is 921 g/mol. The Morgan fingerprint density at radius 1 is 0.701 bits per heavy atom. The van der Waals surface area contributed by atoms with Gasteiger partial charge in [0, 0.05) is 65.7 Å². The zero-order valence-electron chi connectivity index (χ0n) is 38.2. The summed E-state index contributed by atoms with van der Waals surface area (Å²) in [6.45, 7) is 11.5. The zero-order chi connectivity index (χ0) is 47.4. The molecule has 6 aromatic heterocycles. The second kappa shape index (κ2) is 20.5. The van der Waals surface area contributed by atoms with Crippen LogP contribution < -0.4 is 30.8 Å². The third-order valence-corrected chi connectivity index (χ3v) is 12.5. The summed E-state index contributed by atoms with van der Waals surface area (Å²) in [7, 11) is 3.23. The molecule has 8 heterocycles. The normalized spacial score (nSPS) is 15.6. The Hall–Kier alpha value is -6.66. The van der Waals surface area contributed by atoms with Crippen LogP contribution in [0, 0.1) is 27.7 Å².